The molecule has 1 aliphatic carbocycles. The highest BCUT2D eigenvalue weighted by atomic mass is 32.2. The number of carbonyl (C=O) groups is 1. The van der Waals surface area contributed by atoms with E-state index < -0.39 is 15.9 Å². The SMILES string of the molecule is CCOc1ccc2c(c1)sc(=NC(=O)c1ccc(S(=O)(=O)N(C)C3CCCCC3)cc1)n2CC. The van der Waals surface area contributed by atoms with Crippen LogP contribution in [0.25, 0.3) is 10.2 Å². The predicted octanol–water partition coefficient (Wildman–Crippen LogP) is 4.82. The van der Waals surface area contributed by atoms with Crippen LogP contribution in [0.2, 0.25) is 0 Å². The number of rotatable bonds is 7. The van der Waals surface area contributed by atoms with Gasteiger partial charge in [0.1, 0.15) is 5.75 Å². The van der Waals surface area contributed by atoms with Gasteiger partial charge in [-0.15, -0.1) is 0 Å². The van der Waals surface area contributed by atoms with Crippen LogP contribution in [0, 0.1) is 0 Å². The first-order chi connectivity index (χ1) is 16.3. The van der Waals surface area contributed by atoms with Crippen LogP contribution < -0.4 is 9.54 Å². The number of sulfonamides is 1. The van der Waals surface area contributed by atoms with Crippen LogP contribution in [0.4, 0.5) is 0 Å². The van der Waals surface area contributed by atoms with Gasteiger partial charge in [0.25, 0.3) is 5.91 Å². The van der Waals surface area contributed by atoms with Gasteiger partial charge < -0.3 is 9.30 Å². The number of thiazole rings is 1. The molecule has 182 valence electrons. The molecule has 9 heteroatoms. The van der Waals surface area contributed by atoms with Crippen LogP contribution in [-0.2, 0) is 16.6 Å². The Bertz CT molecular complexity index is 1330. The summed E-state index contributed by atoms with van der Waals surface area (Å²) < 4.78 is 36.2. The summed E-state index contributed by atoms with van der Waals surface area (Å²) in [4.78, 5) is 18.1. The molecule has 0 radical (unpaired) electrons. The maximum absolute atomic E-state index is 13.1. The van der Waals surface area contributed by atoms with E-state index in [0.29, 0.717) is 23.5 Å². The Morgan fingerprint density at radius 2 is 1.82 bits per heavy atom. The first kappa shape index (κ1) is 24.6. The summed E-state index contributed by atoms with van der Waals surface area (Å²) in [5, 5.41) is 0. The molecule has 3 aromatic rings. The molecule has 1 saturated carbocycles. The fourth-order valence-electron chi connectivity index (χ4n) is 4.43. The largest absolute Gasteiger partial charge is 0.494 e. The molecule has 0 unspecified atom stereocenters. The topological polar surface area (TPSA) is 81.0 Å². The normalized spacial score (nSPS) is 15.8. The number of benzene rings is 2. The van der Waals surface area contributed by atoms with E-state index in [9.17, 15) is 13.2 Å². The number of ether oxygens (including phenoxy) is 1. The van der Waals surface area contributed by atoms with Crippen molar-refractivity contribution in [2.75, 3.05) is 13.7 Å². The van der Waals surface area contributed by atoms with Crippen LogP contribution in [0.1, 0.15) is 56.3 Å². The number of fused-ring (bicyclic) bond motifs is 1. The number of carbonyl (C=O) groups excluding carboxylic acids is 1. The number of aryl methyl sites for hydroxylation is 1. The first-order valence-electron chi connectivity index (χ1n) is 11.8. The Morgan fingerprint density at radius 3 is 2.47 bits per heavy atom. The molecule has 0 N–H and O–H groups in total. The number of hydrogen-bond acceptors (Lipinski definition) is 5. The highest BCUT2D eigenvalue weighted by molar-refractivity contribution is 7.89. The molecule has 34 heavy (non-hydrogen) atoms. The molecule has 1 heterocycles. The van der Waals surface area contributed by atoms with E-state index in [1.165, 1.54) is 27.8 Å². The average molecular weight is 502 g/mol. The monoisotopic (exact) mass is 501 g/mol. The summed E-state index contributed by atoms with van der Waals surface area (Å²) in [6, 6.07) is 12.0. The number of hydrogen-bond donors (Lipinski definition) is 0. The van der Waals surface area contributed by atoms with Crippen LogP contribution in [0.5, 0.6) is 5.75 Å². The zero-order valence-electron chi connectivity index (χ0n) is 19.9. The van der Waals surface area contributed by atoms with Crippen molar-refractivity contribution in [2.45, 2.75) is 63.4 Å². The Hall–Kier alpha value is -2.49. The molecule has 0 bridgehead atoms. The molecule has 2 aromatic carbocycles. The summed E-state index contributed by atoms with van der Waals surface area (Å²) in [5.41, 5.74) is 1.35. The zero-order chi connectivity index (χ0) is 24.3. The first-order valence-corrected chi connectivity index (χ1v) is 14.0. The molecular weight excluding hydrogens is 470 g/mol. The minimum atomic E-state index is -3.60. The summed E-state index contributed by atoms with van der Waals surface area (Å²) in [6.45, 7) is 5.21. The van der Waals surface area contributed by atoms with E-state index in [1.807, 2.05) is 36.6 Å². The third-order valence-corrected chi connectivity index (χ3v) is 9.31. The highest BCUT2D eigenvalue weighted by Crippen LogP contribution is 2.27. The summed E-state index contributed by atoms with van der Waals surface area (Å²) in [7, 11) is -1.94. The van der Waals surface area contributed by atoms with Crippen LogP contribution in [0.15, 0.2) is 52.4 Å². The smallest absolute Gasteiger partial charge is 0.279 e. The van der Waals surface area contributed by atoms with Gasteiger partial charge in [0.15, 0.2) is 4.80 Å². The Kier molecular flexibility index (Phi) is 7.54. The van der Waals surface area contributed by atoms with Gasteiger partial charge in [0.05, 0.1) is 21.7 Å². The van der Waals surface area contributed by atoms with Gasteiger partial charge >= 0.3 is 0 Å². The van der Waals surface area contributed by atoms with Crippen molar-refractivity contribution in [2.24, 2.45) is 4.99 Å². The van der Waals surface area contributed by atoms with E-state index in [4.69, 9.17) is 4.74 Å². The van der Waals surface area contributed by atoms with E-state index >= 15 is 0 Å². The predicted molar refractivity (Wildman–Crippen MR) is 135 cm³/mol. The molecule has 1 aromatic heterocycles. The van der Waals surface area contributed by atoms with Gasteiger partial charge in [-0.05, 0) is 69.2 Å². The second kappa shape index (κ2) is 10.4. The second-order valence-electron chi connectivity index (χ2n) is 8.45. The average Bonchev–Trinajstić information content (AvgIpc) is 3.20. The van der Waals surface area contributed by atoms with E-state index in [1.54, 1.807) is 19.2 Å². The number of amides is 1. The van der Waals surface area contributed by atoms with Crippen molar-refractivity contribution in [3.63, 3.8) is 0 Å². The lowest BCUT2D eigenvalue weighted by atomic mass is 9.96. The van der Waals surface area contributed by atoms with E-state index in [-0.39, 0.29) is 10.9 Å². The summed E-state index contributed by atoms with van der Waals surface area (Å²) in [5.74, 6) is 0.385. The lowest BCUT2D eigenvalue weighted by Gasteiger charge is -2.30. The summed E-state index contributed by atoms with van der Waals surface area (Å²) in [6.07, 6.45) is 5.06. The van der Waals surface area contributed by atoms with Crippen LogP contribution >= 0.6 is 11.3 Å². The van der Waals surface area contributed by atoms with Gasteiger partial charge in [0.2, 0.25) is 10.0 Å². The van der Waals surface area contributed by atoms with Gasteiger partial charge in [-0.3, -0.25) is 4.79 Å². The molecule has 0 aliphatic heterocycles. The minimum absolute atomic E-state index is 0.0377. The maximum atomic E-state index is 13.1. The second-order valence-corrected chi connectivity index (χ2v) is 11.5. The Morgan fingerprint density at radius 1 is 1.12 bits per heavy atom. The fourth-order valence-corrected chi connectivity index (χ4v) is 6.97. The third-order valence-electron chi connectivity index (χ3n) is 6.35. The van der Waals surface area contributed by atoms with Crippen LogP contribution in [-0.4, -0.2) is 42.9 Å². The molecule has 0 atom stereocenters. The quantitative estimate of drug-likeness (QED) is 0.465. The van der Waals surface area contributed by atoms with Crippen molar-refractivity contribution in [3.8, 4) is 5.75 Å². The maximum Gasteiger partial charge on any atom is 0.279 e. The molecule has 7 nitrogen and oxygen atoms in total. The van der Waals surface area contributed by atoms with Crippen molar-refractivity contribution in [1.82, 2.24) is 8.87 Å². The molecule has 1 aliphatic rings. The third kappa shape index (κ3) is 4.96. The number of nitrogens with zero attached hydrogens (tertiary/aromatic N) is 3. The lowest BCUT2D eigenvalue weighted by molar-refractivity contribution is 0.0997. The highest BCUT2D eigenvalue weighted by Gasteiger charge is 2.29. The van der Waals surface area contributed by atoms with E-state index in [2.05, 4.69) is 4.99 Å². The van der Waals surface area contributed by atoms with Gasteiger partial charge in [0, 0.05) is 25.2 Å². The molecular formula is C25H31N3O4S2. The molecule has 4 rings (SSSR count). The van der Waals surface area contributed by atoms with E-state index in [0.717, 1.165) is 48.1 Å². The van der Waals surface area contributed by atoms with Crippen molar-refractivity contribution in [1.29, 1.82) is 0 Å². The van der Waals surface area contributed by atoms with Crippen molar-refractivity contribution < 1.29 is 17.9 Å². The molecule has 0 spiro atoms. The van der Waals surface area contributed by atoms with Crippen LogP contribution in [0.3, 0.4) is 0 Å². The van der Waals surface area contributed by atoms with Gasteiger partial charge in [-0.1, -0.05) is 30.6 Å². The lowest BCUT2D eigenvalue weighted by Crippen LogP contribution is -2.38. The summed E-state index contributed by atoms with van der Waals surface area (Å²) >= 11 is 1.43. The van der Waals surface area contributed by atoms with Gasteiger partial charge in [-0.25, -0.2) is 8.42 Å². The minimum Gasteiger partial charge on any atom is -0.494 e. The number of aromatic nitrogens is 1. The standard InChI is InChI=1S/C25H31N3O4S2/c1-4-28-22-16-13-20(32-5-2)17-23(22)33-25(28)26-24(29)18-11-14-21(15-12-18)34(30,31)27(3)19-9-7-6-8-10-19/h11-17,19H,4-10H2,1-3H3. The molecule has 1 amide bonds. The van der Waals surface area contributed by atoms with Crippen molar-refractivity contribution >= 4 is 37.5 Å². The fraction of sp³-hybridized carbons (Fsp3) is 0.440. The molecule has 1 fully saturated rings. The van der Waals surface area contributed by atoms with Gasteiger partial charge in [-0.2, -0.15) is 9.30 Å². The zero-order valence-corrected chi connectivity index (χ0v) is 21.5. The Balaban J connectivity index is 1.60. The van der Waals surface area contributed by atoms with Crippen molar-refractivity contribution in [3.05, 3.63) is 52.8 Å². The molecule has 0 saturated heterocycles. The Labute approximate surface area is 204 Å².